The standard InChI is InChI=1S/C54H50N2O4S6/c1-5-9-13-31(7-3)29-55-51(57)35-27-34(38-18-20-44(64-38)46-24-22-42(66-46)40-16-12-26-62-40)50-48-36(52(58)56(54(50)60)30-32(8-4)14-10-6-2)28-33(49(47(35)48)53(55)59)37-17-19-43(63-37)45-23-21-41(65-45)39-15-11-25-61-39/h11-12,15-28,31-32H,5-10,13-14,29-30H2,1-4H3. The molecule has 0 aliphatic carbocycles. The first-order valence-corrected chi connectivity index (χ1v) is 28.1. The summed E-state index contributed by atoms with van der Waals surface area (Å²) in [6, 6.07) is 29.0. The first-order chi connectivity index (χ1) is 32.2. The highest BCUT2D eigenvalue weighted by Crippen LogP contribution is 2.50. The minimum atomic E-state index is -0.367. The molecule has 0 spiro atoms. The van der Waals surface area contributed by atoms with E-state index >= 15 is 19.2 Å². The minimum absolute atomic E-state index is 0.139. The van der Waals surface area contributed by atoms with E-state index in [2.05, 4.69) is 99.1 Å². The van der Waals surface area contributed by atoms with Gasteiger partial charge in [-0.05, 0) is 108 Å². The van der Waals surface area contributed by atoms with Gasteiger partial charge in [0.05, 0.1) is 11.1 Å². The van der Waals surface area contributed by atoms with Gasteiger partial charge in [0.2, 0.25) is 0 Å². The Morgan fingerprint density at radius 3 is 1.11 bits per heavy atom. The van der Waals surface area contributed by atoms with Crippen LogP contribution in [0.15, 0.2) is 95.7 Å². The second-order valence-corrected chi connectivity index (χ2v) is 23.6. The van der Waals surface area contributed by atoms with Crippen LogP contribution in [0.25, 0.3) is 70.7 Å². The number of benzene rings is 2. The average Bonchev–Trinajstić information content (AvgIpc) is 4.19. The van der Waals surface area contributed by atoms with Gasteiger partial charge in [0.15, 0.2) is 0 Å². The predicted octanol–water partition coefficient (Wildman–Crippen LogP) is 16.8. The molecule has 4 amide bonds. The molecule has 8 heterocycles. The van der Waals surface area contributed by atoms with Crippen LogP contribution in [0.5, 0.6) is 0 Å². The summed E-state index contributed by atoms with van der Waals surface area (Å²) in [5.74, 6) is -1.18. The van der Waals surface area contributed by atoms with Crippen molar-refractivity contribution in [1.29, 1.82) is 0 Å². The fourth-order valence-electron chi connectivity index (χ4n) is 9.51. The van der Waals surface area contributed by atoms with Gasteiger partial charge in [-0.3, -0.25) is 29.0 Å². The number of rotatable bonds is 18. The van der Waals surface area contributed by atoms with Gasteiger partial charge in [-0.2, -0.15) is 0 Å². The maximum absolute atomic E-state index is 15.3. The zero-order valence-electron chi connectivity index (χ0n) is 37.4. The van der Waals surface area contributed by atoms with Crippen LogP contribution in [0, 0.1) is 11.8 Å². The van der Waals surface area contributed by atoms with Gasteiger partial charge in [0.1, 0.15) is 0 Å². The molecule has 0 saturated heterocycles. The number of hydrogen-bond acceptors (Lipinski definition) is 10. The van der Waals surface area contributed by atoms with Crippen LogP contribution >= 0.6 is 68.0 Å². The Bertz CT molecular complexity index is 2900. The molecule has 8 aromatic rings. The van der Waals surface area contributed by atoms with E-state index in [1.807, 2.05) is 24.3 Å². The van der Waals surface area contributed by atoms with Gasteiger partial charge in [-0.1, -0.05) is 78.4 Å². The van der Waals surface area contributed by atoms with Crippen LogP contribution in [-0.4, -0.2) is 46.5 Å². The molecule has 336 valence electrons. The fourth-order valence-corrected chi connectivity index (χ4v) is 15.4. The Morgan fingerprint density at radius 2 is 0.773 bits per heavy atom. The second kappa shape index (κ2) is 19.1. The first-order valence-electron chi connectivity index (χ1n) is 23.1. The molecule has 66 heavy (non-hydrogen) atoms. The quantitative estimate of drug-likeness (QED) is 0.0803. The lowest BCUT2D eigenvalue weighted by atomic mass is 9.80. The number of unbranched alkanes of at least 4 members (excludes halogenated alkanes) is 2. The zero-order chi connectivity index (χ0) is 45.6. The van der Waals surface area contributed by atoms with Crippen LogP contribution in [0.4, 0.5) is 0 Å². The van der Waals surface area contributed by atoms with E-state index in [4.69, 9.17) is 0 Å². The van der Waals surface area contributed by atoms with Crippen LogP contribution in [0.2, 0.25) is 0 Å². The van der Waals surface area contributed by atoms with E-state index < -0.39 is 0 Å². The van der Waals surface area contributed by atoms with Crippen molar-refractivity contribution in [2.24, 2.45) is 11.8 Å². The van der Waals surface area contributed by atoms with E-state index in [9.17, 15) is 0 Å². The van der Waals surface area contributed by atoms with Gasteiger partial charge in [-0.25, -0.2) is 0 Å². The van der Waals surface area contributed by atoms with Crippen LogP contribution < -0.4 is 0 Å². The molecular formula is C54H50N2O4S6. The van der Waals surface area contributed by atoms with Gasteiger partial charge in [0, 0.05) is 94.9 Å². The molecule has 2 aliphatic heterocycles. The maximum atomic E-state index is 15.3. The number of imide groups is 2. The summed E-state index contributed by atoms with van der Waals surface area (Å²) in [4.78, 5) is 74.8. The molecule has 2 unspecified atom stereocenters. The van der Waals surface area contributed by atoms with E-state index in [1.165, 1.54) is 29.3 Å². The summed E-state index contributed by atoms with van der Waals surface area (Å²) in [6.07, 6.45) is 7.57. The Morgan fingerprint density at radius 1 is 0.424 bits per heavy atom. The number of hydrogen-bond donors (Lipinski definition) is 0. The lowest BCUT2D eigenvalue weighted by Gasteiger charge is -2.36. The summed E-state index contributed by atoms with van der Waals surface area (Å²) in [5.41, 5.74) is 2.80. The van der Waals surface area contributed by atoms with Gasteiger partial charge in [0.25, 0.3) is 23.6 Å². The first kappa shape index (κ1) is 45.0. The molecule has 6 nitrogen and oxygen atoms in total. The zero-order valence-corrected chi connectivity index (χ0v) is 42.3. The highest BCUT2D eigenvalue weighted by molar-refractivity contribution is 7.27. The molecule has 10 rings (SSSR count). The molecule has 2 aliphatic rings. The molecule has 0 N–H and O–H groups in total. The molecular weight excluding hydrogens is 933 g/mol. The maximum Gasteiger partial charge on any atom is 0.262 e. The van der Waals surface area contributed by atoms with Crippen molar-refractivity contribution in [2.75, 3.05) is 13.1 Å². The van der Waals surface area contributed by atoms with Crippen molar-refractivity contribution in [2.45, 2.75) is 79.1 Å². The fraction of sp³-hybridized carbons (Fsp3) is 0.296. The van der Waals surface area contributed by atoms with Crippen LogP contribution in [-0.2, 0) is 0 Å². The van der Waals surface area contributed by atoms with Crippen LogP contribution in [0.3, 0.4) is 0 Å². The van der Waals surface area contributed by atoms with Gasteiger partial charge in [-0.15, -0.1) is 68.0 Å². The number of carbonyl (C=O) groups excluding carboxylic acids is 4. The third-order valence-electron chi connectivity index (χ3n) is 13.2. The third kappa shape index (κ3) is 8.11. The van der Waals surface area contributed by atoms with E-state index in [0.717, 1.165) is 80.6 Å². The van der Waals surface area contributed by atoms with Gasteiger partial charge >= 0.3 is 0 Å². The Kier molecular flexibility index (Phi) is 13.0. The highest BCUT2D eigenvalue weighted by atomic mass is 32.1. The SMILES string of the molecule is CCCCC(CC)CN1C(=O)c2cc(-c3ccc(-c4ccc(-c5cccs5)s4)s3)c3c4c(cc(-c5ccc(-c6ccc(-c7cccs7)s6)s5)c(c24)C1=O)C(=O)N(CC(CC)CCCC)C3=O. The number of amides is 4. The molecule has 6 aromatic heterocycles. The third-order valence-corrected chi connectivity index (χ3v) is 20.1. The lowest BCUT2D eigenvalue weighted by molar-refractivity contribution is 0.0559. The summed E-state index contributed by atoms with van der Waals surface area (Å²) in [6.45, 7) is 9.19. The summed E-state index contributed by atoms with van der Waals surface area (Å²) in [5, 5.41) is 5.03. The molecule has 2 atom stereocenters. The van der Waals surface area contributed by atoms with Crippen molar-refractivity contribution in [1.82, 2.24) is 9.80 Å². The van der Waals surface area contributed by atoms with E-state index in [-0.39, 0.29) is 35.5 Å². The van der Waals surface area contributed by atoms with Crippen molar-refractivity contribution in [3.63, 3.8) is 0 Å². The molecule has 0 fully saturated rings. The molecule has 0 radical (unpaired) electrons. The number of thiophene rings is 6. The monoisotopic (exact) mass is 982 g/mol. The smallest absolute Gasteiger partial charge is 0.262 e. The van der Waals surface area contributed by atoms with Crippen molar-refractivity contribution < 1.29 is 19.2 Å². The highest BCUT2D eigenvalue weighted by Gasteiger charge is 2.44. The lowest BCUT2D eigenvalue weighted by Crippen LogP contribution is -2.46. The normalized spacial score (nSPS) is 14.6. The minimum Gasteiger partial charge on any atom is -0.274 e. The largest absolute Gasteiger partial charge is 0.274 e. The predicted molar refractivity (Wildman–Crippen MR) is 281 cm³/mol. The Hall–Kier alpha value is -4.82. The number of carbonyl (C=O) groups is 4. The van der Waals surface area contributed by atoms with Crippen molar-refractivity contribution in [3.05, 3.63) is 118 Å². The molecule has 2 aromatic carbocycles. The van der Waals surface area contributed by atoms with Crippen LogP contribution in [0.1, 0.15) is 120 Å². The van der Waals surface area contributed by atoms with Crippen molar-refractivity contribution >= 4 is 102 Å². The Balaban J connectivity index is 1.18. The van der Waals surface area contributed by atoms with Crippen molar-refractivity contribution in [3.8, 4) is 59.9 Å². The summed E-state index contributed by atoms with van der Waals surface area (Å²) >= 11 is 10.1. The summed E-state index contributed by atoms with van der Waals surface area (Å²) < 4.78 is 0. The summed E-state index contributed by atoms with van der Waals surface area (Å²) in [7, 11) is 0. The van der Waals surface area contributed by atoms with E-state index in [1.54, 1.807) is 68.0 Å². The van der Waals surface area contributed by atoms with Gasteiger partial charge < -0.3 is 0 Å². The molecule has 0 bridgehead atoms. The average molecular weight is 983 g/mol. The Labute approximate surface area is 410 Å². The van der Waals surface area contributed by atoms with E-state index in [0.29, 0.717) is 57.2 Å². The number of nitrogens with zero attached hydrogens (tertiary/aromatic N) is 2. The second-order valence-electron chi connectivity index (χ2n) is 17.3. The molecule has 12 heteroatoms. The topological polar surface area (TPSA) is 74.8 Å². The molecule has 0 saturated carbocycles.